The van der Waals surface area contributed by atoms with Gasteiger partial charge >= 0.3 is 5.97 Å². The summed E-state index contributed by atoms with van der Waals surface area (Å²) in [5, 5.41) is 2.89. The fraction of sp³-hybridized carbons (Fsp3) is 0.500. The zero-order valence-electron chi connectivity index (χ0n) is 11.3. The molecule has 0 saturated heterocycles. The van der Waals surface area contributed by atoms with Gasteiger partial charge in [0, 0.05) is 6.54 Å². The van der Waals surface area contributed by atoms with Crippen molar-refractivity contribution in [2.45, 2.75) is 39.7 Å². The van der Waals surface area contributed by atoms with Crippen molar-refractivity contribution in [3.8, 4) is 0 Å². The summed E-state index contributed by atoms with van der Waals surface area (Å²) >= 11 is 0. The normalized spacial score (nSPS) is 11.2. The molecule has 0 fully saturated rings. The Morgan fingerprint density at radius 2 is 2.06 bits per heavy atom. The minimum Gasteiger partial charge on any atom is -0.460 e. The monoisotopic (exact) mass is 253 g/mol. The molecular weight excluding hydrogens is 233 g/mol. The molecule has 1 aromatic rings. The van der Waals surface area contributed by atoms with Gasteiger partial charge in [-0.2, -0.15) is 0 Å². The Labute approximate surface area is 107 Å². The highest BCUT2D eigenvalue weighted by Gasteiger charge is 2.15. The summed E-state index contributed by atoms with van der Waals surface area (Å²) in [4.78, 5) is 11.4. The first-order chi connectivity index (χ1) is 8.28. The maximum atomic E-state index is 13.4. The van der Waals surface area contributed by atoms with Crippen LogP contribution in [0.5, 0.6) is 0 Å². The van der Waals surface area contributed by atoms with Gasteiger partial charge in [0.2, 0.25) is 0 Å². The van der Waals surface area contributed by atoms with E-state index in [0.717, 1.165) is 5.56 Å². The number of carbonyl (C=O) groups excluding carboxylic acids is 1. The largest absolute Gasteiger partial charge is 0.460 e. The molecule has 0 aromatic heterocycles. The Morgan fingerprint density at radius 1 is 1.39 bits per heavy atom. The topological polar surface area (TPSA) is 38.3 Å². The van der Waals surface area contributed by atoms with Crippen molar-refractivity contribution in [2.75, 3.05) is 11.9 Å². The fourth-order valence-corrected chi connectivity index (χ4v) is 1.47. The summed E-state index contributed by atoms with van der Waals surface area (Å²) in [6, 6.07) is 4.82. The number of aryl methyl sites for hydroxylation is 1. The molecule has 3 nitrogen and oxygen atoms in total. The van der Waals surface area contributed by atoms with Gasteiger partial charge in [-0.15, -0.1) is 0 Å². The van der Waals surface area contributed by atoms with Crippen LogP contribution < -0.4 is 5.32 Å². The molecule has 0 amide bonds. The molecule has 0 atom stereocenters. The quantitative estimate of drug-likeness (QED) is 0.837. The van der Waals surface area contributed by atoms with E-state index in [2.05, 4.69) is 5.32 Å². The molecule has 4 heteroatoms. The first-order valence-electron chi connectivity index (χ1n) is 6.00. The summed E-state index contributed by atoms with van der Waals surface area (Å²) in [7, 11) is 0. The SMILES string of the molecule is Cc1ccc(F)c(NCCC(=O)OC(C)(C)C)c1. The van der Waals surface area contributed by atoms with Gasteiger partial charge in [0.15, 0.2) is 0 Å². The number of nitrogens with one attached hydrogen (secondary N) is 1. The zero-order valence-corrected chi connectivity index (χ0v) is 11.3. The number of esters is 1. The highest BCUT2D eigenvalue weighted by atomic mass is 19.1. The Bertz CT molecular complexity index is 424. The van der Waals surface area contributed by atoms with Gasteiger partial charge in [0.1, 0.15) is 11.4 Å². The summed E-state index contributed by atoms with van der Waals surface area (Å²) in [5.74, 6) is -0.604. The van der Waals surface area contributed by atoms with Gasteiger partial charge in [-0.1, -0.05) is 6.07 Å². The highest BCUT2D eigenvalue weighted by Crippen LogP contribution is 2.15. The molecule has 0 aliphatic heterocycles. The zero-order chi connectivity index (χ0) is 13.8. The minimum atomic E-state index is -0.480. The van der Waals surface area contributed by atoms with Crippen molar-refractivity contribution in [2.24, 2.45) is 0 Å². The van der Waals surface area contributed by atoms with Crippen LogP contribution in [-0.2, 0) is 9.53 Å². The van der Waals surface area contributed by atoms with Crippen LogP contribution >= 0.6 is 0 Å². The molecular formula is C14H20FNO2. The standard InChI is InChI=1S/C14H20FNO2/c1-10-5-6-11(15)12(9-10)16-8-7-13(17)18-14(2,3)4/h5-6,9,16H,7-8H2,1-4H3. The third kappa shape index (κ3) is 5.17. The van der Waals surface area contributed by atoms with E-state index in [0.29, 0.717) is 12.2 Å². The average molecular weight is 253 g/mol. The Morgan fingerprint density at radius 3 is 2.67 bits per heavy atom. The van der Waals surface area contributed by atoms with Crippen molar-refractivity contribution >= 4 is 11.7 Å². The molecule has 18 heavy (non-hydrogen) atoms. The number of hydrogen-bond acceptors (Lipinski definition) is 3. The molecule has 0 bridgehead atoms. The Hall–Kier alpha value is -1.58. The molecule has 1 aromatic carbocycles. The molecule has 0 unspecified atom stereocenters. The van der Waals surface area contributed by atoms with Crippen molar-refractivity contribution in [3.63, 3.8) is 0 Å². The molecule has 0 aliphatic carbocycles. The maximum Gasteiger partial charge on any atom is 0.308 e. The number of halogens is 1. The van der Waals surface area contributed by atoms with Crippen LogP contribution in [0.1, 0.15) is 32.8 Å². The van der Waals surface area contributed by atoms with Crippen LogP contribution in [-0.4, -0.2) is 18.1 Å². The van der Waals surface area contributed by atoms with Crippen molar-refractivity contribution in [3.05, 3.63) is 29.6 Å². The van der Waals surface area contributed by atoms with E-state index < -0.39 is 5.60 Å². The van der Waals surface area contributed by atoms with Gasteiger partial charge in [0.05, 0.1) is 12.1 Å². The second kappa shape index (κ2) is 5.85. The molecule has 0 aliphatic rings. The summed E-state index contributed by atoms with van der Waals surface area (Å²) in [6.07, 6.45) is 0.213. The summed E-state index contributed by atoms with van der Waals surface area (Å²) in [5.41, 5.74) is 0.904. The van der Waals surface area contributed by atoms with Crippen LogP contribution in [0.25, 0.3) is 0 Å². The number of hydrogen-bond donors (Lipinski definition) is 1. The van der Waals surface area contributed by atoms with Crippen molar-refractivity contribution in [1.82, 2.24) is 0 Å². The molecule has 1 rings (SSSR count). The van der Waals surface area contributed by atoms with E-state index in [4.69, 9.17) is 4.74 Å². The van der Waals surface area contributed by atoms with Crippen molar-refractivity contribution < 1.29 is 13.9 Å². The number of rotatable bonds is 4. The van der Waals surface area contributed by atoms with E-state index in [1.165, 1.54) is 6.07 Å². The van der Waals surface area contributed by atoms with E-state index in [-0.39, 0.29) is 18.2 Å². The lowest BCUT2D eigenvalue weighted by atomic mass is 10.2. The van der Waals surface area contributed by atoms with Gasteiger partial charge in [-0.25, -0.2) is 4.39 Å². The molecule has 100 valence electrons. The average Bonchev–Trinajstić information content (AvgIpc) is 2.20. The van der Waals surface area contributed by atoms with E-state index in [1.54, 1.807) is 12.1 Å². The van der Waals surface area contributed by atoms with Gasteiger partial charge in [-0.3, -0.25) is 4.79 Å². The first-order valence-corrected chi connectivity index (χ1v) is 6.00. The number of benzene rings is 1. The van der Waals surface area contributed by atoms with Gasteiger partial charge in [-0.05, 0) is 45.4 Å². The lowest BCUT2D eigenvalue weighted by molar-refractivity contribution is -0.154. The molecule has 0 heterocycles. The van der Waals surface area contributed by atoms with Crippen LogP contribution in [0.15, 0.2) is 18.2 Å². The molecule has 0 spiro atoms. The van der Waals surface area contributed by atoms with Crippen molar-refractivity contribution in [1.29, 1.82) is 0 Å². The third-order valence-electron chi connectivity index (χ3n) is 2.19. The summed E-state index contributed by atoms with van der Waals surface area (Å²) in [6.45, 7) is 7.70. The van der Waals surface area contributed by atoms with Crippen LogP contribution in [0.2, 0.25) is 0 Å². The van der Waals surface area contributed by atoms with E-state index >= 15 is 0 Å². The van der Waals surface area contributed by atoms with Gasteiger partial charge in [0.25, 0.3) is 0 Å². The van der Waals surface area contributed by atoms with Crippen LogP contribution in [0, 0.1) is 12.7 Å². The fourth-order valence-electron chi connectivity index (χ4n) is 1.47. The third-order valence-corrected chi connectivity index (χ3v) is 2.19. The predicted octanol–water partition coefficient (Wildman–Crippen LogP) is 3.28. The Balaban J connectivity index is 2.42. The second-order valence-electron chi connectivity index (χ2n) is 5.25. The lowest BCUT2D eigenvalue weighted by Gasteiger charge is -2.19. The highest BCUT2D eigenvalue weighted by molar-refractivity contribution is 5.70. The molecule has 0 radical (unpaired) electrons. The second-order valence-corrected chi connectivity index (χ2v) is 5.25. The number of carbonyl (C=O) groups is 1. The molecule has 0 saturated carbocycles. The first kappa shape index (κ1) is 14.5. The predicted molar refractivity (Wildman–Crippen MR) is 70.1 cm³/mol. The lowest BCUT2D eigenvalue weighted by Crippen LogP contribution is -2.25. The van der Waals surface area contributed by atoms with Gasteiger partial charge < -0.3 is 10.1 Å². The number of anilines is 1. The van der Waals surface area contributed by atoms with Crippen LogP contribution in [0.4, 0.5) is 10.1 Å². The minimum absolute atomic E-state index is 0.213. The van der Waals surface area contributed by atoms with E-state index in [1.807, 2.05) is 27.7 Å². The Kier molecular flexibility index (Phi) is 4.70. The van der Waals surface area contributed by atoms with Crippen LogP contribution in [0.3, 0.4) is 0 Å². The summed E-state index contributed by atoms with van der Waals surface area (Å²) < 4.78 is 18.5. The smallest absolute Gasteiger partial charge is 0.308 e. The van der Waals surface area contributed by atoms with E-state index in [9.17, 15) is 9.18 Å². The molecule has 1 N–H and O–H groups in total. The number of ether oxygens (including phenoxy) is 1. The maximum absolute atomic E-state index is 13.4.